The molecule has 1 N–H and O–H groups in total. The van der Waals surface area contributed by atoms with Crippen LogP contribution in [-0.4, -0.2) is 24.4 Å². The molecule has 1 aromatic rings. The highest BCUT2D eigenvalue weighted by Crippen LogP contribution is 2.22. The van der Waals surface area contributed by atoms with Crippen molar-refractivity contribution in [2.24, 2.45) is 0 Å². The van der Waals surface area contributed by atoms with Crippen molar-refractivity contribution in [3.63, 3.8) is 0 Å². The van der Waals surface area contributed by atoms with Gasteiger partial charge in [-0.15, -0.1) is 0 Å². The van der Waals surface area contributed by atoms with Crippen LogP contribution in [0.15, 0.2) is 24.3 Å². The Morgan fingerprint density at radius 2 is 2.25 bits per heavy atom. The molecule has 0 bridgehead atoms. The number of nitrogens with zero attached hydrogens (tertiary/aromatic N) is 1. The van der Waals surface area contributed by atoms with Gasteiger partial charge in [-0.1, -0.05) is 19.4 Å². The summed E-state index contributed by atoms with van der Waals surface area (Å²) in [6.45, 7) is 4.85. The molecule has 20 heavy (non-hydrogen) atoms. The highest BCUT2D eigenvalue weighted by atomic mass is 16.2. The molecule has 4 nitrogen and oxygen atoms in total. The highest BCUT2D eigenvalue weighted by Gasteiger charge is 2.22. The quantitative estimate of drug-likeness (QED) is 0.897. The predicted molar refractivity (Wildman–Crippen MR) is 79.9 cm³/mol. The maximum Gasteiger partial charge on any atom is 0.251 e. The summed E-state index contributed by atoms with van der Waals surface area (Å²) < 4.78 is 0. The number of carbonyl (C=O) groups excluding carboxylic acids is 2. The van der Waals surface area contributed by atoms with E-state index in [1.165, 1.54) is 0 Å². The van der Waals surface area contributed by atoms with E-state index < -0.39 is 0 Å². The monoisotopic (exact) mass is 274 g/mol. The van der Waals surface area contributed by atoms with Crippen LogP contribution in [0.2, 0.25) is 0 Å². The molecule has 0 unspecified atom stereocenters. The molecule has 0 aliphatic carbocycles. The van der Waals surface area contributed by atoms with Gasteiger partial charge < -0.3 is 10.2 Å². The lowest BCUT2D eigenvalue weighted by Crippen LogP contribution is -2.32. The summed E-state index contributed by atoms with van der Waals surface area (Å²) in [5, 5.41) is 2.98. The lowest BCUT2D eigenvalue weighted by Gasteiger charge is -2.17. The zero-order chi connectivity index (χ0) is 14.5. The van der Waals surface area contributed by atoms with Crippen molar-refractivity contribution in [3.8, 4) is 0 Å². The molecule has 1 atom stereocenters. The van der Waals surface area contributed by atoms with E-state index in [1.54, 1.807) is 17.0 Å². The van der Waals surface area contributed by atoms with Gasteiger partial charge in [0, 0.05) is 30.3 Å². The number of hydrogen-bond donors (Lipinski definition) is 1. The van der Waals surface area contributed by atoms with E-state index in [1.807, 2.05) is 19.1 Å². The van der Waals surface area contributed by atoms with E-state index in [0.717, 1.165) is 31.5 Å². The lowest BCUT2D eigenvalue weighted by atomic mass is 10.1. The van der Waals surface area contributed by atoms with Crippen LogP contribution in [0.3, 0.4) is 0 Å². The van der Waals surface area contributed by atoms with Crippen molar-refractivity contribution in [3.05, 3.63) is 29.8 Å². The molecule has 1 heterocycles. The summed E-state index contributed by atoms with van der Waals surface area (Å²) in [7, 11) is 0. The van der Waals surface area contributed by atoms with Crippen molar-refractivity contribution < 1.29 is 9.59 Å². The molecule has 108 valence electrons. The Morgan fingerprint density at radius 3 is 2.90 bits per heavy atom. The summed E-state index contributed by atoms with van der Waals surface area (Å²) in [5.74, 6) is 0.0707. The van der Waals surface area contributed by atoms with Crippen molar-refractivity contribution in [1.29, 1.82) is 0 Å². The summed E-state index contributed by atoms with van der Waals surface area (Å²) >= 11 is 0. The first kappa shape index (κ1) is 14.6. The van der Waals surface area contributed by atoms with Crippen LogP contribution in [0, 0.1) is 0 Å². The zero-order valence-corrected chi connectivity index (χ0v) is 12.2. The molecule has 2 rings (SSSR count). The van der Waals surface area contributed by atoms with E-state index >= 15 is 0 Å². The van der Waals surface area contributed by atoms with E-state index in [2.05, 4.69) is 12.2 Å². The average molecular weight is 274 g/mol. The maximum absolute atomic E-state index is 12.2. The van der Waals surface area contributed by atoms with Crippen molar-refractivity contribution >= 4 is 17.5 Å². The first-order chi connectivity index (χ1) is 9.61. The third-order valence-electron chi connectivity index (χ3n) is 3.59. The Hall–Kier alpha value is -1.84. The average Bonchev–Trinajstić information content (AvgIpc) is 2.85. The fourth-order valence-electron chi connectivity index (χ4n) is 2.55. The molecule has 0 spiro atoms. The molecule has 0 saturated carbocycles. The van der Waals surface area contributed by atoms with Gasteiger partial charge in [0.25, 0.3) is 5.91 Å². The summed E-state index contributed by atoms with van der Waals surface area (Å²) in [6.07, 6.45) is 3.51. The molecule has 1 fully saturated rings. The van der Waals surface area contributed by atoms with Gasteiger partial charge in [0.05, 0.1) is 0 Å². The molecule has 4 heteroatoms. The Bertz CT molecular complexity index is 499. The van der Waals surface area contributed by atoms with Crippen LogP contribution in [0.5, 0.6) is 0 Å². The Morgan fingerprint density at radius 1 is 1.45 bits per heavy atom. The first-order valence-electron chi connectivity index (χ1n) is 7.33. The van der Waals surface area contributed by atoms with Crippen molar-refractivity contribution in [2.45, 2.75) is 45.6 Å². The molecule has 0 aromatic heterocycles. The number of hydrogen-bond acceptors (Lipinski definition) is 2. The number of carbonyl (C=O) groups is 2. The Balaban J connectivity index is 2.09. The van der Waals surface area contributed by atoms with Crippen LogP contribution in [-0.2, 0) is 4.79 Å². The normalized spacial score (nSPS) is 16.3. The number of rotatable bonds is 5. The van der Waals surface area contributed by atoms with Gasteiger partial charge in [-0.25, -0.2) is 0 Å². The van der Waals surface area contributed by atoms with Crippen molar-refractivity contribution in [2.75, 3.05) is 11.4 Å². The minimum atomic E-state index is -0.0700. The fourth-order valence-corrected chi connectivity index (χ4v) is 2.55. The largest absolute Gasteiger partial charge is 0.350 e. The van der Waals surface area contributed by atoms with Gasteiger partial charge in [-0.3, -0.25) is 9.59 Å². The van der Waals surface area contributed by atoms with Gasteiger partial charge >= 0.3 is 0 Å². The SMILES string of the molecule is CCC[C@@H](C)NC(=O)c1cccc(N2CCCC2=O)c1. The maximum atomic E-state index is 12.2. The number of nitrogens with one attached hydrogen (secondary N) is 1. The molecular weight excluding hydrogens is 252 g/mol. The highest BCUT2D eigenvalue weighted by molar-refractivity contribution is 5.99. The summed E-state index contributed by atoms with van der Waals surface area (Å²) in [4.78, 5) is 25.7. The molecular formula is C16H22N2O2. The van der Waals surface area contributed by atoms with Crippen LogP contribution in [0.25, 0.3) is 0 Å². The minimum absolute atomic E-state index is 0.0700. The van der Waals surface area contributed by atoms with Crippen LogP contribution < -0.4 is 10.2 Å². The fraction of sp³-hybridized carbons (Fsp3) is 0.500. The number of benzene rings is 1. The summed E-state index contributed by atoms with van der Waals surface area (Å²) in [6, 6.07) is 7.48. The molecule has 1 aromatic carbocycles. The molecule has 2 amide bonds. The van der Waals surface area contributed by atoms with Gasteiger partial charge in [-0.05, 0) is 38.0 Å². The lowest BCUT2D eigenvalue weighted by molar-refractivity contribution is -0.117. The topological polar surface area (TPSA) is 49.4 Å². The van der Waals surface area contributed by atoms with Crippen LogP contribution in [0.4, 0.5) is 5.69 Å². The van der Waals surface area contributed by atoms with E-state index in [-0.39, 0.29) is 17.9 Å². The number of amides is 2. The van der Waals surface area contributed by atoms with Crippen molar-refractivity contribution in [1.82, 2.24) is 5.32 Å². The van der Waals surface area contributed by atoms with Gasteiger partial charge in [0.15, 0.2) is 0 Å². The third kappa shape index (κ3) is 3.38. The Labute approximate surface area is 120 Å². The third-order valence-corrected chi connectivity index (χ3v) is 3.59. The minimum Gasteiger partial charge on any atom is -0.350 e. The second-order valence-corrected chi connectivity index (χ2v) is 5.36. The molecule has 1 saturated heterocycles. The van der Waals surface area contributed by atoms with Gasteiger partial charge in [0.2, 0.25) is 5.91 Å². The summed E-state index contributed by atoms with van der Waals surface area (Å²) in [5.41, 5.74) is 1.44. The molecule has 1 aliphatic rings. The standard InChI is InChI=1S/C16H22N2O2/c1-3-6-12(2)17-16(20)13-7-4-8-14(11-13)18-10-5-9-15(18)19/h4,7-8,11-12H,3,5-6,9-10H2,1-2H3,(H,17,20)/t12-/m1/s1. The Kier molecular flexibility index (Phi) is 4.77. The molecule has 0 radical (unpaired) electrons. The van der Waals surface area contributed by atoms with Gasteiger partial charge in [-0.2, -0.15) is 0 Å². The van der Waals surface area contributed by atoms with Crippen LogP contribution >= 0.6 is 0 Å². The second kappa shape index (κ2) is 6.55. The van der Waals surface area contributed by atoms with E-state index in [4.69, 9.17) is 0 Å². The van der Waals surface area contributed by atoms with Gasteiger partial charge in [0.1, 0.15) is 0 Å². The van der Waals surface area contributed by atoms with Crippen LogP contribution in [0.1, 0.15) is 49.9 Å². The molecule has 1 aliphatic heterocycles. The second-order valence-electron chi connectivity index (χ2n) is 5.36. The van der Waals surface area contributed by atoms with E-state index in [0.29, 0.717) is 12.0 Å². The smallest absolute Gasteiger partial charge is 0.251 e. The number of anilines is 1. The zero-order valence-electron chi connectivity index (χ0n) is 12.2. The predicted octanol–water partition coefficient (Wildman–Crippen LogP) is 2.73. The van der Waals surface area contributed by atoms with E-state index in [9.17, 15) is 9.59 Å². The first-order valence-corrected chi connectivity index (χ1v) is 7.33.